The Morgan fingerprint density at radius 1 is 1.14 bits per heavy atom. The van der Waals surface area contributed by atoms with Crippen molar-refractivity contribution in [3.63, 3.8) is 0 Å². The highest BCUT2D eigenvalue weighted by Crippen LogP contribution is 2.54. The van der Waals surface area contributed by atoms with Crippen molar-refractivity contribution < 1.29 is 19.0 Å². The molecule has 0 saturated heterocycles. The highest BCUT2D eigenvalue weighted by Gasteiger charge is 2.55. The Morgan fingerprint density at radius 3 is 2.49 bits per heavy atom. The first kappa shape index (κ1) is 25.5. The van der Waals surface area contributed by atoms with E-state index in [1.165, 1.54) is 4.90 Å². The molecule has 1 heterocycles. The van der Waals surface area contributed by atoms with E-state index in [0.717, 1.165) is 6.42 Å². The lowest BCUT2D eigenvalue weighted by Crippen LogP contribution is -2.49. The Kier molecular flexibility index (Phi) is 7.89. The van der Waals surface area contributed by atoms with Crippen LogP contribution in [0.5, 0.6) is 11.5 Å². The van der Waals surface area contributed by atoms with Crippen molar-refractivity contribution in [1.82, 2.24) is 4.90 Å². The molecule has 9 nitrogen and oxygen atoms in total. The van der Waals surface area contributed by atoms with E-state index >= 15 is 0 Å². The molecule has 0 unspecified atom stereocenters. The summed E-state index contributed by atoms with van der Waals surface area (Å²) < 4.78 is 16.8. The van der Waals surface area contributed by atoms with Crippen LogP contribution in [0.1, 0.15) is 38.7 Å². The predicted octanol–water partition coefficient (Wildman–Crippen LogP) is 3.76. The summed E-state index contributed by atoms with van der Waals surface area (Å²) in [7, 11) is 0. The Labute approximate surface area is 205 Å². The van der Waals surface area contributed by atoms with Crippen LogP contribution in [0.3, 0.4) is 0 Å². The first-order chi connectivity index (χ1) is 16.9. The smallest absolute Gasteiger partial charge is 0.410 e. The summed E-state index contributed by atoms with van der Waals surface area (Å²) in [5.41, 5.74) is 5.84. The van der Waals surface area contributed by atoms with Crippen LogP contribution in [0.4, 0.5) is 4.79 Å². The van der Waals surface area contributed by atoms with Crippen LogP contribution in [-0.2, 0) is 4.74 Å². The number of allylic oxidation sites excluding steroid dienone is 2. The van der Waals surface area contributed by atoms with Gasteiger partial charge in [-0.3, -0.25) is 0 Å². The van der Waals surface area contributed by atoms with Crippen LogP contribution >= 0.6 is 0 Å². The number of hydrogen-bond donors (Lipinski definition) is 1. The molecule has 1 aliphatic carbocycles. The van der Waals surface area contributed by atoms with Gasteiger partial charge >= 0.3 is 6.09 Å². The topological polar surface area (TPSA) is 145 Å². The lowest BCUT2D eigenvalue weighted by atomic mass is 9.58. The van der Waals surface area contributed by atoms with Crippen LogP contribution in [0.15, 0.2) is 41.1 Å². The molecule has 2 atom stereocenters. The van der Waals surface area contributed by atoms with Gasteiger partial charge in [0.2, 0.25) is 0 Å². The lowest BCUT2D eigenvalue weighted by Gasteiger charge is -2.45. The Morgan fingerprint density at radius 2 is 1.89 bits per heavy atom. The van der Waals surface area contributed by atoms with Gasteiger partial charge in [-0.1, -0.05) is 19.1 Å². The lowest BCUT2D eigenvalue weighted by molar-refractivity contribution is 0.0999. The maximum atomic E-state index is 12.5. The molecule has 1 aromatic rings. The molecular weight excluding hydrogens is 446 g/mol. The third-order valence-electron chi connectivity index (χ3n) is 6.28. The van der Waals surface area contributed by atoms with Crippen molar-refractivity contribution in [2.45, 2.75) is 33.1 Å². The molecule has 3 rings (SSSR count). The summed E-state index contributed by atoms with van der Waals surface area (Å²) >= 11 is 0. The van der Waals surface area contributed by atoms with Gasteiger partial charge in [0.1, 0.15) is 6.07 Å². The molecule has 182 valence electrons. The minimum absolute atomic E-state index is 0.0774. The fraction of sp³-hybridized carbons (Fsp3) is 0.462. The number of carbonyl (C=O) groups excluding carboxylic acids is 1. The van der Waals surface area contributed by atoms with E-state index in [1.807, 2.05) is 13.8 Å². The molecule has 0 spiro atoms. The molecule has 0 fully saturated rings. The standard InChI is InChI=1S/C26H29N5O4/c1-4-11-35-21-8-7-17(12-22(21)33-5-2)23-20-14-31(25(32)34-6-3)10-9-18(20)19(13-27)24(30)26(23,15-28)16-29/h7-9,12,20,23H,4-6,10-11,14,30H2,1-3H3/t20-,23+/m1/s1. The zero-order chi connectivity index (χ0) is 25.6. The normalized spacial score (nSPS) is 20.5. The van der Waals surface area contributed by atoms with Crippen molar-refractivity contribution in [3.8, 4) is 29.7 Å². The van der Waals surface area contributed by atoms with Crippen LogP contribution in [-0.4, -0.2) is 43.9 Å². The number of fused-ring (bicyclic) bond motifs is 1. The number of ether oxygens (including phenoxy) is 3. The fourth-order valence-corrected chi connectivity index (χ4v) is 4.74. The Hall–Kier alpha value is -4.16. The minimum Gasteiger partial charge on any atom is -0.490 e. The third kappa shape index (κ3) is 4.48. The number of nitrogens with two attached hydrogens (primary N) is 1. The Bertz CT molecular complexity index is 1150. The predicted molar refractivity (Wildman–Crippen MR) is 127 cm³/mol. The monoisotopic (exact) mass is 475 g/mol. The van der Waals surface area contributed by atoms with E-state index in [-0.39, 0.29) is 31.0 Å². The second-order valence-electron chi connectivity index (χ2n) is 8.27. The molecule has 2 aliphatic rings. The van der Waals surface area contributed by atoms with E-state index in [2.05, 4.69) is 18.2 Å². The van der Waals surface area contributed by atoms with Crippen LogP contribution in [0.2, 0.25) is 0 Å². The molecule has 1 aliphatic heterocycles. The maximum Gasteiger partial charge on any atom is 0.410 e. The van der Waals surface area contributed by atoms with Gasteiger partial charge in [-0.25, -0.2) is 4.79 Å². The first-order valence-electron chi connectivity index (χ1n) is 11.7. The van der Waals surface area contributed by atoms with E-state index in [0.29, 0.717) is 35.8 Å². The molecule has 9 heteroatoms. The average Bonchev–Trinajstić information content (AvgIpc) is 2.87. The number of nitrogens with zero attached hydrogens (tertiary/aromatic N) is 4. The van der Waals surface area contributed by atoms with Crippen molar-refractivity contribution in [2.24, 2.45) is 17.1 Å². The number of amides is 1. The number of nitriles is 3. The molecular formula is C26H29N5O4. The molecule has 0 bridgehead atoms. The van der Waals surface area contributed by atoms with E-state index < -0.39 is 23.3 Å². The van der Waals surface area contributed by atoms with Gasteiger partial charge in [-0.05, 0) is 43.5 Å². The molecule has 1 aromatic carbocycles. The second kappa shape index (κ2) is 10.8. The number of carbonyl (C=O) groups is 1. The average molecular weight is 476 g/mol. The van der Waals surface area contributed by atoms with Gasteiger partial charge < -0.3 is 24.8 Å². The van der Waals surface area contributed by atoms with Crippen molar-refractivity contribution >= 4 is 6.09 Å². The number of hydrogen-bond acceptors (Lipinski definition) is 8. The van der Waals surface area contributed by atoms with Gasteiger partial charge in [-0.2, -0.15) is 15.8 Å². The van der Waals surface area contributed by atoms with Crippen molar-refractivity contribution in [1.29, 1.82) is 15.8 Å². The van der Waals surface area contributed by atoms with Gasteiger partial charge in [0.25, 0.3) is 0 Å². The zero-order valence-corrected chi connectivity index (χ0v) is 20.2. The van der Waals surface area contributed by atoms with Crippen LogP contribution in [0, 0.1) is 45.3 Å². The van der Waals surface area contributed by atoms with Gasteiger partial charge in [0, 0.05) is 24.9 Å². The van der Waals surface area contributed by atoms with Crippen molar-refractivity contribution in [3.05, 3.63) is 46.7 Å². The zero-order valence-electron chi connectivity index (χ0n) is 20.2. The molecule has 1 amide bonds. The summed E-state index contributed by atoms with van der Waals surface area (Å²) in [5, 5.41) is 30.4. The molecule has 35 heavy (non-hydrogen) atoms. The summed E-state index contributed by atoms with van der Waals surface area (Å²) in [6.07, 6.45) is 2.07. The van der Waals surface area contributed by atoms with E-state index in [4.69, 9.17) is 19.9 Å². The minimum atomic E-state index is -1.82. The van der Waals surface area contributed by atoms with Gasteiger partial charge in [0.15, 0.2) is 16.9 Å². The summed E-state index contributed by atoms with van der Waals surface area (Å²) in [5.74, 6) is -0.259. The molecule has 0 radical (unpaired) electrons. The first-order valence-corrected chi connectivity index (χ1v) is 11.7. The molecule has 2 N–H and O–H groups in total. The summed E-state index contributed by atoms with van der Waals surface area (Å²) in [4.78, 5) is 14.0. The maximum absolute atomic E-state index is 12.5. The van der Waals surface area contributed by atoms with Crippen LogP contribution < -0.4 is 15.2 Å². The van der Waals surface area contributed by atoms with E-state index in [1.54, 1.807) is 31.2 Å². The second-order valence-corrected chi connectivity index (χ2v) is 8.27. The van der Waals surface area contributed by atoms with Crippen molar-refractivity contribution in [2.75, 3.05) is 32.9 Å². The SMILES string of the molecule is CCCOc1ccc([C@H]2[C@@H]3CN(C(=O)OCC)CC=C3C(C#N)=C(N)C2(C#N)C#N)cc1OCC. The quantitative estimate of drug-likeness (QED) is 0.627. The highest BCUT2D eigenvalue weighted by molar-refractivity contribution is 5.69. The number of rotatable bonds is 7. The Balaban J connectivity index is 2.22. The largest absolute Gasteiger partial charge is 0.490 e. The molecule has 0 saturated carbocycles. The highest BCUT2D eigenvalue weighted by atomic mass is 16.6. The number of benzene rings is 1. The summed E-state index contributed by atoms with van der Waals surface area (Å²) in [6, 6.07) is 11.6. The molecule has 0 aromatic heterocycles. The summed E-state index contributed by atoms with van der Waals surface area (Å²) in [6.45, 7) is 7.08. The van der Waals surface area contributed by atoms with Crippen LogP contribution in [0.25, 0.3) is 0 Å². The fourth-order valence-electron chi connectivity index (χ4n) is 4.74. The van der Waals surface area contributed by atoms with Gasteiger partial charge in [-0.15, -0.1) is 0 Å². The van der Waals surface area contributed by atoms with E-state index in [9.17, 15) is 20.6 Å². The van der Waals surface area contributed by atoms with Gasteiger partial charge in [0.05, 0.1) is 43.2 Å². The third-order valence-corrected chi connectivity index (χ3v) is 6.28.